The van der Waals surface area contributed by atoms with Gasteiger partial charge in [0.15, 0.2) is 11.5 Å². The van der Waals surface area contributed by atoms with Gasteiger partial charge in [0.05, 0.1) is 46.1 Å². The summed E-state index contributed by atoms with van der Waals surface area (Å²) in [5, 5.41) is 17.9. The number of aromatic nitrogens is 4. The number of thiazole rings is 1. The first-order chi connectivity index (χ1) is 38.4. The minimum Gasteiger partial charge on any atom is -0.476 e. The molecule has 10 rings (SSSR count). The molecule has 7 heterocycles. The van der Waals surface area contributed by atoms with Crippen LogP contribution in [0.25, 0.3) is 32.6 Å². The summed E-state index contributed by atoms with van der Waals surface area (Å²) >= 11 is 1.57. The Morgan fingerprint density at radius 1 is 0.938 bits per heavy atom. The largest absolute Gasteiger partial charge is 0.476 e. The number of aliphatic hydroxyl groups excluding tert-OH is 1. The number of carbonyl (C=O) groups excluding carboxylic acids is 3. The van der Waals surface area contributed by atoms with Crippen molar-refractivity contribution in [1.29, 1.82) is 0 Å². The third-order valence-corrected chi connectivity index (χ3v) is 17.6. The highest BCUT2D eigenvalue weighted by molar-refractivity contribution is 7.90. The number of nitrogens with one attached hydrogen (secondary N) is 3. The van der Waals surface area contributed by atoms with Crippen LogP contribution in [-0.4, -0.2) is 143 Å². The third-order valence-electron chi connectivity index (χ3n) is 15.2. The van der Waals surface area contributed by atoms with Gasteiger partial charge in [-0.25, -0.2) is 14.4 Å². The zero-order chi connectivity index (χ0) is 56.4. The molecule has 0 spiro atoms. The Morgan fingerprint density at radius 2 is 1.71 bits per heavy atom. The Hall–Kier alpha value is -7.18. The minimum atomic E-state index is -4.23. The average molecular weight is 1140 g/mol. The van der Waals surface area contributed by atoms with E-state index in [1.165, 1.54) is 35.2 Å². The van der Waals surface area contributed by atoms with Gasteiger partial charge < -0.3 is 34.5 Å². The van der Waals surface area contributed by atoms with E-state index in [0.717, 1.165) is 64.2 Å². The smallest absolute Gasteiger partial charge is 0.301 e. The van der Waals surface area contributed by atoms with E-state index in [9.17, 15) is 32.3 Å². The zero-order valence-electron chi connectivity index (χ0n) is 44.7. The summed E-state index contributed by atoms with van der Waals surface area (Å²) in [4.78, 5) is 59.8. The second kappa shape index (κ2) is 23.9. The summed E-state index contributed by atoms with van der Waals surface area (Å²) in [6.45, 7) is 11.4. The van der Waals surface area contributed by atoms with Crippen LogP contribution in [0, 0.1) is 24.7 Å². The van der Waals surface area contributed by atoms with Crippen molar-refractivity contribution < 1.29 is 50.3 Å². The predicted octanol–water partition coefficient (Wildman–Crippen LogP) is 8.42. The highest BCUT2D eigenvalue weighted by Crippen LogP contribution is 2.36. The zero-order valence-corrected chi connectivity index (χ0v) is 46.3. The molecule has 3 fully saturated rings. The molecule has 80 heavy (non-hydrogen) atoms. The number of H-pyrrole nitrogens is 1. The van der Waals surface area contributed by atoms with E-state index >= 15 is 8.78 Å². The number of likely N-dealkylation sites (tertiary alicyclic amines) is 1. The van der Waals surface area contributed by atoms with Crippen molar-refractivity contribution in [2.75, 3.05) is 68.6 Å². The number of β-amino-alcohol motifs (C(OH)–C–C–N with tert-alkyl or cyclic N) is 1. The molecule has 7 aromatic rings. The first-order valence-electron chi connectivity index (χ1n) is 26.8. The third kappa shape index (κ3) is 12.1. The van der Waals surface area contributed by atoms with E-state index in [-0.39, 0.29) is 90.0 Å². The van der Waals surface area contributed by atoms with Gasteiger partial charge in [-0.05, 0) is 97.8 Å². The van der Waals surface area contributed by atoms with Crippen LogP contribution < -0.4 is 19.7 Å². The SMILES string of the molecule is Cc1ncsc1-c1ccc(C(C)NC(=O)[C@@H]2C[C@@H](O)CN2C(=O)C(c2cc(OCCCCN3CCN(c4cccc(-c5cc6c(C(=O)c7ccccc7NS(=O)(=O)N7CC[C@@H](F)C7)c(F)[nH]c6nc5F)c4)CC3)no2)C(C)C)cc1. The first-order valence-corrected chi connectivity index (χ1v) is 29.1. The summed E-state index contributed by atoms with van der Waals surface area (Å²) in [7, 11) is -4.23. The monoisotopic (exact) mass is 1140 g/mol. The van der Waals surface area contributed by atoms with Crippen LogP contribution in [-0.2, 0) is 19.8 Å². The Bertz CT molecular complexity index is 3490. The van der Waals surface area contributed by atoms with E-state index in [1.807, 2.05) is 69.6 Å². The number of carbonyl (C=O) groups is 3. The van der Waals surface area contributed by atoms with Crippen molar-refractivity contribution in [3.8, 4) is 27.4 Å². The lowest BCUT2D eigenvalue weighted by Crippen LogP contribution is -2.48. The van der Waals surface area contributed by atoms with Crippen LogP contribution in [0.1, 0.15) is 91.4 Å². The molecule has 3 aliphatic heterocycles. The molecule has 422 valence electrons. The summed E-state index contributed by atoms with van der Waals surface area (Å²) in [6.07, 6.45) is -0.452. The van der Waals surface area contributed by atoms with Crippen molar-refractivity contribution in [3.05, 3.63) is 130 Å². The lowest BCUT2D eigenvalue weighted by molar-refractivity contribution is -0.141. The highest BCUT2D eigenvalue weighted by Gasteiger charge is 2.44. The summed E-state index contributed by atoms with van der Waals surface area (Å²) in [5.41, 5.74) is 5.14. The van der Waals surface area contributed by atoms with E-state index in [0.29, 0.717) is 31.0 Å². The Kier molecular flexibility index (Phi) is 16.7. The van der Waals surface area contributed by atoms with Gasteiger partial charge >= 0.3 is 10.2 Å². The number of aliphatic hydroxyl groups is 1. The van der Waals surface area contributed by atoms with Crippen molar-refractivity contribution in [1.82, 2.24) is 39.5 Å². The number of hydrogen-bond donors (Lipinski definition) is 4. The maximum Gasteiger partial charge on any atom is 0.301 e. The number of piperazine rings is 1. The molecule has 23 heteroatoms. The van der Waals surface area contributed by atoms with Crippen molar-refractivity contribution in [3.63, 3.8) is 0 Å². The molecule has 18 nitrogen and oxygen atoms in total. The molecule has 4 N–H and O–H groups in total. The number of nitrogens with zero attached hydrogens (tertiary/aromatic N) is 7. The molecule has 3 aliphatic rings. The van der Waals surface area contributed by atoms with Crippen LogP contribution >= 0.6 is 11.3 Å². The minimum absolute atomic E-state index is 0.00704. The highest BCUT2D eigenvalue weighted by atomic mass is 32.2. The van der Waals surface area contributed by atoms with Crippen LogP contribution in [0.5, 0.6) is 5.88 Å². The number of amides is 2. The van der Waals surface area contributed by atoms with E-state index in [2.05, 4.69) is 39.9 Å². The van der Waals surface area contributed by atoms with Gasteiger partial charge in [-0.3, -0.25) is 24.0 Å². The molecule has 2 unspecified atom stereocenters. The van der Waals surface area contributed by atoms with Crippen LogP contribution in [0.4, 0.5) is 24.5 Å². The lowest BCUT2D eigenvalue weighted by atomic mass is 9.91. The fourth-order valence-corrected chi connectivity index (χ4v) is 12.9. The molecule has 4 aromatic heterocycles. The maximum absolute atomic E-state index is 15.8. The maximum atomic E-state index is 15.8. The van der Waals surface area contributed by atoms with Gasteiger partial charge in [0.1, 0.15) is 23.8 Å². The number of benzene rings is 3. The first kappa shape index (κ1) is 56.1. The number of rotatable bonds is 20. The van der Waals surface area contributed by atoms with E-state index in [4.69, 9.17) is 9.26 Å². The van der Waals surface area contributed by atoms with Gasteiger partial charge in [-0.1, -0.05) is 62.4 Å². The van der Waals surface area contributed by atoms with E-state index in [1.54, 1.807) is 29.5 Å². The fraction of sp³-hybridized carbons (Fsp3) is 0.404. The number of aromatic amines is 1. The van der Waals surface area contributed by atoms with Crippen LogP contribution in [0.2, 0.25) is 0 Å². The molecule has 5 atom stereocenters. The number of halogens is 3. The number of ketones is 1. The number of pyridine rings is 1. The second-order valence-corrected chi connectivity index (χ2v) is 23.5. The lowest BCUT2D eigenvalue weighted by Gasteiger charge is -2.36. The Labute approximate surface area is 465 Å². The molecule has 0 bridgehead atoms. The topological polar surface area (TPSA) is 219 Å². The molecule has 0 radical (unpaired) electrons. The average Bonchev–Trinajstić information content (AvgIpc) is 4.35. The molecular formula is C57H63F3N10O8S2. The second-order valence-electron chi connectivity index (χ2n) is 21.0. The number of anilines is 2. The fourth-order valence-electron chi connectivity index (χ4n) is 10.8. The van der Waals surface area contributed by atoms with Gasteiger partial charge in [-0.2, -0.15) is 21.5 Å². The summed E-state index contributed by atoms with van der Waals surface area (Å²) < 4.78 is 86.5. The van der Waals surface area contributed by atoms with E-state index < -0.39 is 57.7 Å². The van der Waals surface area contributed by atoms with Crippen molar-refractivity contribution >= 4 is 61.6 Å². The van der Waals surface area contributed by atoms with Crippen LogP contribution in [0.15, 0.2) is 95.0 Å². The number of aryl methyl sites for hydroxylation is 1. The van der Waals surface area contributed by atoms with Gasteiger partial charge in [0.25, 0.3) is 5.88 Å². The quantitative estimate of drug-likeness (QED) is 0.0320. The number of ether oxygens (including phenoxy) is 1. The number of fused-ring (bicyclic) bond motifs is 1. The number of alkyl halides is 1. The van der Waals surface area contributed by atoms with Gasteiger partial charge in [0.2, 0.25) is 23.7 Å². The Morgan fingerprint density at radius 3 is 2.44 bits per heavy atom. The van der Waals surface area contributed by atoms with Crippen LogP contribution in [0.3, 0.4) is 0 Å². The predicted molar refractivity (Wildman–Crippen MR) is 297 cm³/mol. The summed E-state index contributed by atoms with van der Waals surface area (Å²) in [6, 6.07) is 22.7. The molecular weight excluding hydrogens is 1070 g/mol. The van der Waals surface area contributed by atoms with Gasteiger partial charge in [0, 0.05) is 80.5 Å². The van der Waals surface area contributed by atoms with Crippen molar-refractivity contribution in [2.24, 2.45) is 5.92 Å². The number of para-hydroxylation sites is 1. The number of hydrogen-bond acceptors (Lipinski definition) is 14. The normalized spacial score (nSPS) is 19.0. The Balaban J connectivity index is 0.703. The van der Waals surface area contributed by atoms with Gasteiger partial charge in [-0.15, -0.1) is 11.3 Å². The molecule has 0 saturated carbocycles. The standard InChI is InChI=1S/C57H63F3N10O8S2/c1-33(2)49(57(74)70-31-41(71)27-46(70)56(73)62-34(3)36-14-16-37(17-15-36)52-35(4)61-32-79-52)47-29-48(65-78-47)77-25-8-7-19-67-21-23-68(24-22-67)40-11-9-10-38(26-40)43-28-44-50(54(60)64-55(44)63-53(43)59)51(72)42-12-5-6-13-45(42)66-80(75,76)69-20-18-39(58)30-69/h5-6,9-17,26,28-29,32-34,39,41,46,49,66,71H,7-8,18-25,27,30-31H2,1-4H3,(H,62,73)(H,63,64)/t34?,39-,41-,46+,49?/m1/s1. The molecule has 2 amide bonds. The van der Waals surface area contributed by atoms with Crippen molar-refractivity contribution in [2.45, 2.75) is 83.7 Å². The molecule has 3 saturated heterocycles. The molecule has 3 aromatic carbocycles. The summed E-state index contributed by atoms with van der Waals surface area (Å²) in [5.74, 6) is -3.91. The molecule has 0 aliphatic carbocycles. The number of unbranched alkanes of at least 4 members (excludes halogenated alkanes) is 1.